The SMILES string of the molecule is CC(=O)OCCC(C=O)C1CCCCC1. The Bertz CT molecular complexity index is 207. The minimum atomic E-state index is -0.261. The van der Waals surface area contributed by atoms with Crippen LogP contribution in [0.5, 0.6) is 0 Å². The van der Waals surface area contributed by atoms with E-state index in [9.17, 15) is 9.59 Å². The average Bonchev–Trinajstić information content (AvgIpc) is 2.25. The summed E-state index contributed by atoms with van der Waals surface area (Å²) < 4.78 is 4.87. The van der Waals surface area contributed by atoms with Crippen LogP contribution in [0.15, 0.2) is 0 Å². The van der Waals surface area contributed by atoms with Gasteiger partial charge in [-0.15, -0.1) is 0 Å². The van der Waals surface area contributed by atoms with Crippen LogP contribution in [0.25, 0.3) is 0 Å². The Balaban J connectivity index is 2.27. The predicted octanol–water partition coefficient (Wildman–Crippen LogP) is 2.33. The molecule has 1 saturated carbocycles. The lowest BCUT2D eigenvalue weighted by Gasteiger charge is -2.26. The number of hydrogen-bond donors (Lipinski definition) is 0. The van der Waals surface area contributed by atoms with E-state index in [1.165, 1.54) is 26.2 Å². The summed E-state index contributed by atoms with van der Waals surface area (Å²) in [5.74, 6) is 0.347. The standard InChI is InChI=1S/C12H20O3/c1-10(14)15-8-7-12(9-13)11-5-3-2-4-6-11/h9,11-12H,2-8H2,1H3. The van der Waals surface area contributed by atoms with Crippen molar-refractivity contribution >= 4 is 12.3 Å². The molecule has 0 radical (unpaired) electrons. The summed E-state index contributed by atoms with van der Waals surface area (Å²) >= 11 is 0. The quantitative estimate of drug-likeness (QED) is 0.519. The molecule has 0 spiro atoms. The lowest BCUT2D eigenvalue weighted by atomic mass is 9.79. The summed E-state index contributed by atoms with van der Waals surface area (Å²) in [5, 5.41) is 0. The van der Waals surface area contributed by atoms with E-state index in [0.29, 0.717) is 18.9 Å². The first-order valence-electron chi connectivity index (χ1n) is 5.82. The normalized spacial score (nSPS) is 19.5. The van der Waals surface area contributed by atoms with Gasteiger partial charge in [-0.25, -0.2) is 0 Å². The maximum Gasteiger partial charge on any atom is 0.302 e. The Morgan fingerprint density at radius 3 is 2.60 bits per heavy atom. The summed E-state index contributed by atoms with van der Waals surface area (Å²) in [6.45, 7) is 1.78. The highest BCUT2D eigenvalue weighted by atomic mass is 16.5. The molecular weight excluding hydrogens is 192 g/mol. The first-order valence-corrected chi connectivity index (χ1v) is 5.82. The van der Waals surface area contributed by atoms with Gasteiger partial charge in [0.15, 0.2) is 0 Å². The molecule has 0 aromatic carbocycles. The maximum absolute atomic E-state index is 10.9. The van der Waals surface area contributed by atoms with Gasteiger partial charge >= 0.3 is 5.97 Å². The van der Waals surface area contributed by atoms with E-state index in [4.69, 9.17) is 4.74 Å². The molecule has 1 unspecified atom stereocenters. The van der Waals surface area contributed by atoms with E-state index < -0.39 is 0 Å². The first-order chi connectivity index (χ1) is 7.24. The van der Waals surface area contributed by atoms with Gasteiger partial charge in [0.25, 0.3) is 0 Å². The third kappa shape index (κ3) is 4.45. The van der Waals surface area contributed by atoms with Gasteiger partial charge in [0.1, 0.15) is 6.29 Å². The van der Waals surface area contributed by atoms with Gasteiger partial charge in [-0.2, -0.15) is 0 Å². The second-order valence-electron chi connectivity index (χ2n) is 4.33. The monoisotopic (exact) mass is 212 g/mol. The molecule has 1 aliphatic rings. The zero-order valence-corrected chi connectivity index (χ0v) is 9.41. The van der Waals surface area contributed by atoms with Crippen LogP contribution in [0, 0.1) is 11.8 Å². The van der Waals surface area contributed by atoms with E-state index in [1.807, 2.05) is 0 Å². The van der Waals surface area contributed by atoms with Gasteiger partial charge in [0.2, 0.25) is 0 Å². The Morgan fingerprint density at radius 2 is 2.07 bits per heavy atom. The molecule has 3 nitrogen and oxygen atoms in total. The van der Waals surface area contributed by atoms with Crippen molar-refractivity contribution in [1.29, 1.82) is 0 Å². The van der Waals surface area contributed by atoms with Crippen LogP contribution in [0.4, 0.5) is 0 Å². The van der Waals surface area contributed by atoms with E-state index in [0.717, 1.165) is 19.1 Å². The van der Waals surface area contributed by atoms with Gasteiger partial charge < -0.3 is 9.53 Å². The number of carbonyl (C=O) groups is 2. The fourth-order valence-corrected chi connectivity index (χ4v) is 2.32. The number of hydrogen-bond acceptors (Lipinski definition) is 3. The Morgan fingerprint density at radius 1 is 1.40 bits per heavy atom. The Hall–Kier alpha value is -0.860. The molecule has 0 bridgehead atoms. The van der Waals surface area contributed by atoms with Crippen molar-refractivity contribution in [3.63, 3.8) is 0 Å². The zero-order chi connectivity index (χ0) is 11.1. The highest BCUT2D eigenvalue weighted by Gasteiger charge is 2.23. The van der Waals surface area contributed by atoms with E-state index in [-0.39, 0.29) is 11.9 Å². The van der Waals surface area contributed by atoms with Crippen molar-refractivity contribution in [1.82, 2.24) is 0 Å². The highest BCUT2D eigenvalue weighted by molar-refractivity contribution is 5.65. The smallest absolute Gasteiger partial charge is 0.302 e. The molecule has 1 aliphatic carbocycles. The number of ether oxygens (including phenoxy) is 1. The third-order valence-corrected chi connectivity index (χ3v) is 3.19. The molecular formula is C12H20O3. The molecule has 1 rings (SSSR count). The topological polar surface area (TPSA) is 43.4 Å². The lowest BCUT2D eigenvalue weighted by Crippen LogP contribution is -2.21. The van der Waals surface area contributed by atoms with E-state index >= 15 is 0 Å². The molecule has 0 N–H and O–H groups in total. The number of aldehydes is 1. The molecule has 1 fully saturated rings. The van der Waals surface area contributed by atoms with Gasteiger partial charge in [0, 0.05) is 12.8 Å². The molecule has 15 heavy (non-hydrogen) atoms. The summed E-state index contributed by atoms with van der Waals surface area (Å²) in [5.41, 5.74) is 0. The Kier molecular flexibility index (Phi) is 5.37. The average molecular weight is 212 g/mol. The van der Waals surface area contributed by atoms with Crippen LogP contribution in [-0.4, -0.2) is 18.9 Å². The van der Waals surface area contributed by atoms with Crippen LogP contribution < -0.4 is 0 Å². The van der Waals surface area contributed by atoms with Crippen LogP contribution in [0.1, 0.15) is 45.4 Å². The predicted molar refractivity (Wildman–Crippen MR) is 57.4 cm³/mol. The molecule has 0 amide bonds. The number of esters is 1. The molecule has 0 aromatic rings. The van der Waals surface area contributed by atoms with Gasteiger partial charge in [-0.05, 0) is 25.2 Å². The summed E-state index contributed by atoms with van der Waals surface area (Å²) in [6, 6.07) is 0. The molecule has 86 valence electrons. The second-order valence-corrected chi connectivity index (χ2v) is 4.33. The molecule has 0 aromatic heterocycles. The summed E-state index contributed by atoms with van der Waals surface area (Å²) in [4.78, 5) is 21.5. The van der Waals surface area contributed by atoms with Gasteiger partial charge in [-0.3, -0.25) is 4.79 Å². The molecule has 3 heteroatoms. The van der Waals surface area contributed by atoms with Gasteiger partial charge in [-0.1, -0.05) is 19.3 Å². The first kappa shape index (κ1) is 12.2. The highest BCUT2D eigenvalue weighted by Crippen LogP contribution is 2.30. The van der Waals surface area contributed by atoms with E-state index in [1.54, 1.807) is 0 Å². The minimum absolute atomic E-state index is 0.0876. The van der Waals surface area contributed by atoms with Gasteiger partial charge in [0.05, 0.1) is 6.61 Å². The maximum atomic E-state index is 10.9. The van der Waals surface area contributed by atoms with Crippen molar-refractivity contribution in [3.05, 3.63) is 0 Å². The second kappa shape index (κ2) is 6.59. The summed E-state index contributed by atoms with van der Waals surface area (Å²) in [7, 11) is 0. The number of rotatable bonds is 5. The van der Waals surface area contributed by atoms with Crippen molar-refractivity contribution in [2.45, 2.75) is 45.4 Å². The largest absolute Gasteiger partial charge is 0.466 e. The minimum Gasteiger partial charge on any atom is -0.466 e. The number of carbonyl (C=O) groups excluding carboxylic acids is 2. The van der Waals surface area contributed by atoms with Crippen molar-refractivity contribution < 1.29 is 14.3 Å². The fraction of sp³-hybridized carbons (Fsp3) is 0.833. The van der Waals surface area contributed by atoms with E-state index in [2.05, 4.69) is 0 Å². The molecule has 0 heterocycles. The fourth-order valence-electron chi connectivity index (χ4n) is 2.32. The summed E-state index contributed by atoms with van der Waals surface area (Å²) in [6.07, 6.45) is 7.82. The van der Waals surface area contributed by atoms with Crippen LogP contribution in [-0.2, 0) is 14.3 Å². The third-order valence-electron chi connectivity index (χ3n) is 3.19. The van der Waals surface area contributed by atoms with Crippen LogP contribution in [0.2, 0.25) is 0 Å². The molecule has 0 saturated heterocycles. The van der Waals surface area contributed by atoms with Crippen molar-refractivity contribution in [3.8, 4) is 0 Å². The molecule has 0 aliphatic heterocycles. The van der Waals surface area contributed by atoms with Crippen molar-refractivity contribution in [2.24, 2.45) is 11.8 Å². The van der Waals surface area contributed by atoms with Crippen molar-refractivity contribution in [2.75, 3.05) is 6.61 Å². The zero-order valence-electron chi connectivity index (χ0n) is 9.41. The lowest BCUT2D eigenvalue weighted by molar-refractivity contribution is -0.141. The van der Waals surface area contributed by atoms with Crippen LogP contribution >= 0.6 is 0 Å². The van der Waals surface area contributed by atoms with Crippen LogP contribution in [0.3, 0.4) is 0 Å². The Labute approximate surface area is 91.2 Å². The molecule has 1 atom stereocenters.